The highest BCUT2D eigenvalue weighted by molar-refractivity contribution is 5.41. The number of hydrogen-bond acceptors (Lipinski definition) is 3. The number of rotatable bonds is 5. The topological polar surface area (TPSA) is 34.1 Å². The molecule has 1 heterocycles. The predicted octanol–water partition coefficient (Wildman–Crippen LogP) is 3.13. The van der Waals surface area contributed by atoms with Gasteiger partial charge >= 0.3 is 0 Å². The Bertz CT molecular complexity index is 468. The molecule has 3 nitrogen and oxygen atoms in total. The van der Waals surface area contributed by atoms with E-state index in [4.69, 9.17) is 4.74 Å². The van der Waals surface area contributed by atoms with Crippen LogP contribution in [0, 0.1) is 0 Å². The molecule has 0 amide bonds. The van der Waals surface area contributed by atoms with Crippen LogP contribution in [0.1, 0.15) is 12.5 Å². The Hall–Kier alpha value is -2.03. The number of benzene rings is 1. The van der Waals surface area contributed by atoms with Gasteiger partial charge in [-0.3, -0.25) is 4.98 Å². The molecule has 1 aromatic heterocycles. The first-order chi connectivity index (χ1) is 8.78. The summed E-state index contributed by atoms with van der Waals surface area (Å²) < 4.78 is 5.15. The molecule has 3 heteroatoms. The highest BCUT2D eigenvalue weighted by atomic mass is 16.5. The molecule has 0 radical (unpaired) electrons. The van der Waals surface area contributed by atoms with Crippen molar-refractivity contribution in [3.8, 4) is 5.75 Å². The minimum atomic E-state index is 0.364. The van der Waals surface area contributed by atoms with Gasteiger partial charge in [0.25, 0.3) is 0 Å². The molecule has 1 aromatic carbocycles. The van der Waals surface area contributed by atoms with E-state index < -0.39 is 0 Å². The molecule has 0 saturated carbocycles. The smallest absolute Gasteiger partial charge is 0.118 e. The number of methoxy groups -OCH3 is 1. The van der Waals surface area contributed by atoms with Crippen LogP contribution in [0.4, 0.5) is 5.69 Å². The Morgan fingerprint density at radius 3 is 2.61 bits per heavy atom. The van der Waals surface area contributed by atoms with E-state index in [9.17, 15) is 0 Å². The number of aromatic nitrogens is 1. The van der Waals surface area contributed by atoms with Crippen molar-refractivity contribution in [1.82, 2.24) is 4.98 Å². The summed E-state index contributed by atoms with van der Waals surface area (Å²) in [5.41, 5.74) is 2.35. The van der Waals surface area contributed by atoms with Crippen molar-refractivity contribution in [1.29, 1.82) is 0 Å². The Balaban J connectivity index is 1.92. The standard InChI is InChI=1S/C15H18N2O/c1-12(17-14-4-3-9-16-11-14)10-13-5-7-15(18-2)8-6-13/h3-9,11-12,17H,10H2,1-2H3. The zero-order chi connectivity index (χ0) is 12.8. The lowest BCUT2D eigenvalue weighted by molar-refractivity contribution is 0.414. The first-order valence-corrected chi connectivity index (χ1v) is 6.07. The van der Waals surface area contributed by atoms with E-state index in [1.165, 1.54) is 5.56 Å². The summed E-state index contributed by atoms with van der Waals surface area (Å²) in [6.07, 6.45) is 4.59. The fourth-order valence-corrected chi connectivity index (χ4v) is 1.90. The van der Waals surface area contributed by atoms with Crippen molar-refractivity contribution in [2.45, 2.75) is 19.4 Å². The SMILES string of the molecule is COc1ccc(CC(C)Nc2cccnc2)cc1. The van der Waals surface area contributed by atoms with Gasteiger partial charge in [0.05, 0.1) is 12.8 Å². The zero-order valence-corrected chi connectivity index (χ0v) is 10.8. The van der Waals surface area contributed by atoms with Crippen LogP contribution in [0.5, 0.6) is 5.75 Å². The maximum atomic E-state index is 5.15. The molecule has 1 atom stereocenters. The molecule has 0 aliphatic carbocycles. The van der Waals surface area contributed by atoms with Crippen LogP contribution in [0.15, 0.2) is 48.8 Å². The normalized spacial score (nSPS) is 11.9. The highest BCUT2D eigenvalue weighted by Crippen LogP contribution is 2.14. The van der Waals surface area contributed by atoms with Crippen molar-refractivity contribution in [3.05, 3.63) is 54.4 Å². The molecule has 18 heavy (non-hydrogen) atoms. The predicted molar refractivity (Wildman–Crippen MR) is 74.0 cm³/mol. The van der Waals surface area contributed by atoms with Crippen LogP contribution in [0.25, 0.3) is 0 Å². The Kier molecular flexibility index (Phi) is 4.18. The third kappa shape index (κ3) is 3.48. The number of nitrogens with one attached hydrogen (secondary N) is 1. The summed E-state index contributed by atoms with van der Waals surface area (Å²) in [7, 11) is 1.68. The van der Waals surface area contributed by atoms with Gasteiger partial charge in [-0.15, -0.1) is 0 Å². The summed E-state index contributed by atoms with van der Waals surface area (Å²) in [6.45, 7) is 2.16. The van der Waals surface area contributed by atoms with E-state index in [0.717, 1.165) is 17.9 Å². The molecule has 0 aliphatic heterocycles. The summed E-state index contributed by atoms with van der Waals surface area (Å²) >= 11 is 0. The van der Waals surface area contributed by atoms with Gasteiger partial charge in [0.1, 0.15) is 5.75 Å². The van der Waals surface area contributed by atoms with Gasteiger partial charge in [0, 0.05) is 18.4 Å². The fourth-order valence-electron chi connectivity index (χ4n) is 1.90. The second kappa shape index (κ2) is 6.05. The van der Waals surface area contributed by atoms with Gasteiger partial charge in [-0.2, -0.15) is 0 Å². The molecule has 1 unspecified atom stereocenters. The summed E-state index contributed by atoms with van der Waals surface area (Å²) in [5, 5.41) is 3.43. The van der Waals surface area contributed by atoms with E-state index in [2.05, 4.69) is 29.4 Å². The van der Waals surface area contributed by atoms with Crippen LogP contribution in [-0.2, 0) is 6.42 Å². The van der Waals surface area contributed by atoms with Crippen LogP contribution < -0.4 is 10.1 Å². The molecule has 0 saturated heterocycles. The third-order valence-electron chi connectivity index (χ3n) is 2.78. The van der Waals surface area contributed by atoms with Crippen LogP contribution >= 0.6 is 0 Å². The van der Waals surface area contributed by atoms with Crippen LogP contribution in [0.2, 0.25) is 0 Å². The molecule has 0 aliphatic rings. The van der Waals surface area contributed by atoms with E-state index in [1.807, 2.05) is 30.5 Å². The van der Waals surface area contributed by atoms with E-state index >= 15 is 0 Å². The minimum Gasteiger partial charge on any atom is -0.497 e. The average Bonchev–Trinajstić information content (AvgIpc) is 2.40. The van der Waals surface area contributed by atoms with E-state index in [-0.39, 0.29) is 0 Å². The monoisotopic (exact) mass is 242 g/mol. The summed E-state index contributed by atoms with van der Waals surface area (Å²) in [5.74, 6) is 0.895. The Morgan fingerprint density at radius 1 is 1.22 bits per heavy atom. The molecule has 0 fully saturated rings. The van der Waals surface area contributed by atoms with Crippen molar-refractivity contribution in [2.24, 2.45) is 0 Å². The molecule has 2 aromatic rings. The van der Waals surface area contributed by atoms with Crippen LogP contribution in [0.3, 0.4) is 0 Å². The first-order valence-electron chi connectivity index (χ1n) is 6.07. The maximum Gasteiger partial charge on any atom is 0.118 e. The number of ether oxygens (including phenoxy) is 1. The first kappa shape index (κ1) is 12.4. The molecular formula is C15H18N2O. The fraction of sp³-hybridized carbons (Fsp3) is 0.267. The average molecular weight is 242 g/mol. The number of hydrogen-bond donors (Lipinski definition) is 1. The lowest BCUT2D eigenvalue weighted by atomic mass is 10.1. The molecule has 0 spiro atoms. The number of nitrogens with zero attached hydrogens (tertiary/aromatic N) is 1. The van der Waals surface area contributed by atoms with Crippen molar-refractivity contribution < 1.29 is 4.74 Å². The molecule has 1 N–H and O–H groups in total. The number of anilines is 1. The summed E-state index contributed by atoms with van der Waals surface area (Å²) in [6, 6.07) is 12.5. The molecule has 2 rings (SSSR count). The lowest BCUT2D eigenvalue weighted by Gasteiger charge is -2.15. The van der Waals surface area contributed by atoms with Gasteiger partial charge in [0.2, 0.25) is 0 Å². The lowest BCUT2D eigenvalue weighted by Crippen LogP contribution is -2.18. The second-order valence-electron chi connectivity index (χ2n) is 4.34. The van der Waals surface area contributed by atoms with E-state index in [1.54, 1.807) is 13.3 Å². The third-order valence-corrected chi connectivity index (χ3v) is 2.78. The second-order valence-corrected chi connectivity index (χ2v) is 4.34. The van der Waals surface area contributed by atoms with Gasteiger partial charge in [-0.05, 0) is 43.2 Å². The Morgan fingerprint density at radius 2 is 2.00 bits per heavy atom. The highest BCUT2D eigenvalue weighted by Gasteiger charge is 2.03. The zero-order valence-electron chi connectivity index (χ0n) is 10.8. The van der Waals surface area contributed by atoms with Crippen LogP contribution in [-0.4, -0.2) is 18.1 Å². The largest absolute Gasteiger partial charge is 0.497 e. The minimum absolute atomic E-state index is 0.364. The molecule has 0 bridgehead atoms. The van der Waals surface area contributed by atoms with E-state index in [0.29, 0.717) is 6.04 Å². The summed E-state index contributed by atoms with van der Waals surface area (Å²) in [4.78, 5) is 4.09. The maximum absolute atomic E-state index is 5.15. The molecule has 94 valence electrons. The molecular weight excluding hydrogens is 224 g/mol. The van der Waals surface area contributed by atoms with Gasteiger partial charge in [-0.1, -0.05) is 12.1 Å². The Labute approximate surface area is 108 Å². The van der Waals surface area contributed by atoms with Gasteiger partial charge < -0.3 is 10.1 Å². The van der Waals surface area contributed by atoms with Crippen molar-refractivity contribution >= 4 is 5.69 Å². The van der Waals surface area contributed by atoms with Crippen molar-refractivity contribution in [3.63, 3.8) is 0 Å². The number of pyridine rings is 1. The van der Waals surface area contributed by atoms with Crippen molar-refractivity contribution in [2.75, 3.05) is 12.4 Å². The van der Waals surface area contributed by atoms with Gasteiger partial charge in [0.15, 0.2) is 0 Å². The quantitative estimate of drug-likeness (QED) is 0.874. The van der Waals surface area contributed by atoms with Gasteiger partial charge in [-0.25, -0.2) is 0 Å².